The summed E-state index contributed by atoms with van der Waals surface area (Å²) in [5, 5.41) is 21.5. The maximum Gasteiger partial charge on any atom is 1.00 e. The van der Waals surface area contributed by atoms with E-state index >= 15 is 0 Å². The summed E-state index contributed by atoms with van der Waals surface area (Å²) in [5.41, 5.74) is -1.88. The zero-order valence-corrected chi connectivity index (χ0v) is 14.8. The average molecular weight is 246 g/mol. The van der Waals surface area contributed by atoms with Crippen molar-refractivity contribution >= 4 is 11.9 Å². The molecule has 0 aromatic heterocycles. The molecular weight excluding hydrogens is 230 g/mol. The number of carboxylic acids is 2. The van der Waals surface area contributed by atoms with Gasteiger partial charge in [-0.3, -0.25) is 0 Å². The average Bonchev–Trinajstić information content (AvgIpc) is 2.11. The van der Waals surface area contributed by atoms with E-state index in [1.807, 2.05) is 6.92 Å². The molecule has 0 N–H and O–H groups in total. The van der Waals surface area contributed by atoms with Crippen LogP contribution in [-0.2, 0) is 9.59 Å². The molecule has 0 bridgehead atoms. The van der Waals surface area contributed by atoms with Crippen LogP contribution in [0, 0.1) is 11.3 Å². The summed E-state index contributed by atoms with van der Waals surface area (Å²) in [6.07, 6.45) is 2.26. The van der Waals surface area contributed by atoms with Crippen molar-refractivity contribution in [2.45, 2.75) is 40.0 Å². The summed E-state index contributed by atoms with van der Waals surface area (Å²) in [7, 11) is 0. The van der Waals surface area contributed by atoms with Crippen LogP contribution in [0.2, 0.25) is 0 Å². The van der Waals surface area contributed by atoms with Crippen molar-refractivity contribution in [1.29, 1.82) is 0 Å². The Morgan fingerprint density at radius 1 is 1.19 bits per heavy atom. The van der Waals surface area contributed by atoms with Crippen LogP contribution in [0.1, 0.15) is 40.0 Å². The predicted molar refractivity (Wildman–Crippen MR) is 46.8 cm³/mol. The molecule has 0 fully saturated rings. The van der Waals surface area contributed by atoms with Crippen molar-refractivity contribution in [1.82, 2.24) is 0 Å². The van der Waals surface area contributed by atoms with E-state index in [-0.39, 0.29) is 59.1 Å². The van der Waals surface area contributed by atoms with Crippen molar-refractivity contribution in [3.8, 4) is 0 Å². The number of carbonyl (C=O) groups excluding carboxylic acids is 2. The summed E-state index contributed by atoms with van der Waals surface area (Å²) >= 11 is 0. The molecule has 1 atom stereocenters. The fourth-order valence-electron chi connectivity index (χ4n) is 1.28. The second-order valence-electron chi connectivity index (χ2n) is 3.82. The Morgan fingerprint density at radius 3 is 1.81 bits per heavy atom. The van der Waals surface area contributed by atoms with Gasteiger partial charge in [0.2, 0.25) is 0 Å². The first kappa shape index (κ1) is 22.1. The first-order valence-corrected chi connectivity index (χ1v) is 4.80. The van der Waals surface area contributed by atoms with Gasteiger partial charge in [-0.05, 0) is 19.3 Å². The van der Waals surface area contributed by atoms with Crippen molar-refractivity contribution in [2.75, 3.05) is 0 Å². The molecule has 0 spiro atoms. The second kappa shape index (κ2) is 9.92. The van der Waals surface area contributed by atoms with Gasteiger partial charge in [-0.2, -0.15) is 0 Å². The number of hydrogen-bond acceptors (Lipinski definition) is 4. The Kier molecular flexibility index (Phi) is 13.7. The summed E-state index contributed by atoms with van der Waals surface area (Å²) in [6.45, 7) is 4.71. The molecule has 0 saturated heterocycles. The first-order chi connectivity index (χ1) is 6.37. The van der Waals surface area contributed by atoms with Crippen LogP contribution in [-0.4, -0.2) is 11.9 Å². The first-order valence-electron chi connectivity index (χ1n) is 4.80. The molecule has 0 aliphatic heterocycles. The maximum absolute atomic E-state index is 10.7. The normalized spacial score (nSPS) is 11.9. The summed E-state index contributed by atoms with van der Waals surface area (Å²) in [5.74, 6) is -3.61. The Hall–Kier alpha value is 0.940. The molecule has 0 aromatic rings. The van der Waals surface area contributed by atoms with Gasteiger partial charge >= 0.3 is 59.1 Å². The molecule has 1 unspecified atom stereocenters. The van der Waals surface area contributed by atoms with Crippen LogP contribution in [0.25, 0.3) is 0 Å². The van der Waals surface area contributed by atoms with Gasteiger partial charge in [0.15, 0.2) is 0 Å². The van der Waals surface area contributed by atoms with Gasteiger partial charge in [-0.1, -0.05) is 26.7 Å². The molecule has 6 heteroatoms. The molecule has 82 valence electrons. The van der Waals surface area contributed by atoms with E-state index in [1.165, 1.54) is 0 Å². The maximum atomic E-state index is 10.7. The molecule has 4 nitrogen and oxygen atoms in total. The minimum atomic E-state index is -1.88. The molecule has 0 amide bonds. The smallest absolute Gasteiger partial charge is 0.549 e. The van der Waals surface area contributed by atoms with Crippen molar-refractivity contribution in [3.05, 3.63) is 0 Å². The number of hydrogen-bond donors (Lipinski definition) is 0. The Balaban J connectivity index is -0.000000845. The van der Waals surface area contributed by atoms with Gasteiger partial charge in [0.1, 0.15) is 0 Å². The fraction of sp³-hybridized carbons (Fsp3) is 0.800. The minimum absolute atomic E-state index is 0. The van der Waals surface area contributed by atoms with Crippen LogP contribution in [0.3, 0.4) is 0 Å². The van der Waals surface area contributed by atoms with Crippen LogP contribution in [0.5, 0.6) is 0 Å². The van der Waals surface area contributed by atoms with E-state index in [0.29, 0.717) is 6.42 Å². The van der Waals surface area contributed by atoms with Crippen molar-refractivity contribution < 1.29 is 78.9 Å². The summed E-state index contributed by atoms with van der Waals surface area (Å²) < 4.78 is 0. The third-order valence-electron chi connectivity index (χ3n) is 2.82. The zero-order valence-electron chi connectivity index (χ0n) is 10.8. The molecule has 0 aromatic carbocycles. The van der Waals surface area contributed by atoms with Crippen molar-refractivity contribution in [3.63, 3.8) is 0 Å². The molecule has 0 heterocycles. The van der Waals surface area contributed by atoms with Gasteiger partial charge < -0.3 is 19.8 Å². The van der Waals surface area contributed by atoms with Gasteiger partial charge in [-0.25, -0.2) is 0 Å². The zero-order chi connectivity index (χ0) is 11.4. The molecule has 16 heavy (non-hydrogen) atoms. The van der Waals surface area contributed by atoms with Crippen LogP contribution in [0.15, 0.2) is 0 Å². The van der Waals surface area contributed by atoms with Gasteiger partial charge in [0, 0.05) is 5.41 Å². The fourth-order valence-corrected chi connectivity index (χ4v) is 1.28. The summed E-state index contributed by atoms with van der Waals surface area (Å²) in [6, 6.07) is 0. The third-order valence-corrected chi connectivity index (χ3v) is 2.82. The van der Waals surface area contributed by atoms with E-state index in [9.17, 15) is 19.8 Å². The molecule has 0 saturated carbocycles. The monoisotopic (exact) mass is 246 g/mol. The minimum Gasteiger partial charge on any atom is -0.549 e. The van der Waals surface area contributed by atoms with E-state index < -0.39 is 23.3 Å². The molecule has 0 aliphatic carbocycles. The van der Waals surface area contributed by atoms with E-state index in [1.54, 1.807) is 6.92 Å². The SMILES string of the molecule is CCCCC(C)C(C)(C(=O)[O-])C(=O)[O-].[Na+].[Na+]. The summed E-state index contributed by atoms with van der Waals surface area (Å²) in [4.78, 5) is 21.5. The molecule has 0 rings (SSSR count). The number of carboxylic acid groups (broad SMARTS) is 2. The van der Waals surface area contributed by atoms with Gasteiger partial charge in [0.05, 0.1) is 11.9 Å². The molecular formula is C10H16Na2O4. The van der Waals surface area contributed by atoms with Crippen LogP contribution in [0.4, 0.5) is 0 Å². The topological polar surface area (TPSA) is 80.3 Å². The van der Waals surface area contributed by atoms with E-state index in [2.05, 4.69) is 0 Å². The van der Waals surface area contributed by atoms with E-state index in [4.69, 9.17) is 0 Å². The number of aliphatic carboxylic acids is 2. The number of rotatable bonds is 6. The molecule has 0 aliphatic rings. The third kappa shape index (κ3) is 5.52. The van der Waals surface area contributed by atoms with E-state index in [0.717, 1.165) is 19.8 Å². The molecule has 0 radical (unpaired) electrons. The second-order valence-corrected chi connectivity index (χ2v) is 3.82. The number of unbranched alkanes of at least 4 members (excludes halogenated alkanes) is 1. The largest absolute Gasteiger partial charge is 1.00 e. The van der Waals surface area contributed by atoms with Crippen LogP contribution >= 0.6 is 0 Å². The Labute approximate surface area is 141 Å². The van der Waals surface area contributed by atoms with Gasteiger partial charge in [0.25, 0.3) is 0 Å². The predicted octanol–water partition coefficient (Wildman–Crippen LogP) is -6.67. The quantitative estimate of drug-likeness (QED) is 0.345. The van der Waals surface area contributed by atoms with Gasteiger partial charge in [-0.15, -0.1) is 0 Å². The Bertz CT molecular complexity index is 217. The van der Waals surface area contributed by atoms with Crippen molar-refractivity contribution in [2.24, 2.45) is 11.3 Å². The Morgan fingerprint density at radius 2 is 1.56 bits per heavy atom. The number of carbonyl (C=O) groups is 2. The standard InChI is InChI=1S/C10H18O4.2Na/c1-4-5-6-7(2)10(3,8(11)12)9(13)14;;/h7H,4-6H2,1-3H3,(H,11,12)(H,13,14);;/q;2*+1/p-2. The van der Waals surface area contributed by atoms with Crippen LogP contribution < -0.4 is 69.3 Å².